The van der Waals surface area contributed by atoms with Crippen LogP contribution >= 0.6 is 0 Å². The van der Waals surface area contributed by atoms with Crippen molar-refractivity contribution in [3.8, 4) is 0 Å². The van der Waals surface area contributed by atoms with Crippen molar-refractivity contribution in [2.75, 3.05) is 0 Å². The van der Waals surface area contributed by atoms with Crippen LogP contribution in [-0.4, -0.2) is 20.6 Å². The van der Waals surface area contributed by atoms with E-state index in [2.05, 4.69) is 44.8 Å². The number of aliphatic carboxylic acids is 1. The van der Waals surface area contributed by atoms with Gasteiger partial charge >= 0.3 is 5.97 Å². The third-order valence-electron chi connectivity index (χ3n) is 3.46. The summed E-state index contributed by atoms with van der Waals surface area (Å²) in [5.74, 6) is 0.462. The van der Waals surface area contributed by atoms with Gasteiger partial charge in [-0.3, -0.25) is 4.79 Å². The molecule has 2 rings (SSSR count). The molecular formula is C15H20N2O2. The van der Waals surface area contributed by atoms with Gasteiger partial charge < -0.3 is 9.67 Å². The van der Waals surface area contributed by atoms with Crippen LogP contribution < -0.4 is 0 Å². The number of rotatable bonds is 4. The van der Waals surface area contributed by atoms with Crippen molar-refractivity contribution in [3.05, 3.63) is 29.1 Å². The molecule has 0 saturated heterocycles. The average Bonchev–Trinajstić information content (AvgIpc) is 2.65. The maximum atomic E-state index is 10.8. The fourth-order valence-corrected chi connectivity index (χ4v) is 2.28. The number of hydrogen-bond acceptors (Lipinski definition) is 2. The fraction of sp³-hybridized carbons (Fsp3) is 0.467. The summed E-state index contributed by atoms with van der Waals surface area (Å²) in [5, 5.41) is 8.88. The molecule has 1 aromatic carbocycles. The number of aromatic nitrogens is 2. The molecule has 1 aromatic heterocycles. The third kappa shape index (κ3) is 2.62. The summed E-state index contributed by atoms with van der Waals surface area (Å²) in [5.41, 5.74) is 4.41. The predicted molar refractivity (Wildman–Crippen MR) is 75.5 cm³/mol. The number of carbonyl (C=O) groups is 1. The minimum Gasteiger partial charge on any atom is -0.481 e. The molecule has 0 amide bonds. The Morgan fingerprint density at radius 3 is 2.53 bits per heavy atom. The highest BCUT2D eigenvalue weighted by Gasteiger charge is 2.15. The molecule has 1 N–H and O–H groups in total. The van der Waals surface area contributed by atoms with Gasteiger partial charge in [-0.1, -0.05) is 13.8 Å². The lowest BCUT2D eigenvalue weighted by atomic mass is 10.1. The summed E-state index contributed by atoms with van der Waals surface area (Å²) < 4.78 is 2.04. The first-order valence-corrected chi connectivity index (χ1v) is 6.59. The van der Waals surface area contributed by atoms with Crippen molar-refractivity contribution in [2.24, 2.45) is 0 Å². The van der Waals surface area contributed by atoms with Gasteiger partial charge in [0.2, 0.25) is 0 Å². The van der Waals surface area contributed by atoms with E-state index >= 15 is 0 Å². The van der Waals surface area contributed by atoms with Crippen LogP contribution in [0.25, 0.3) is 11.0 Å². The zero-order chi connectivity index (χ0) is 14.2. The molecule has 102 valence electrons. The van der Waals surface area contributed by atoms with E-state index in [1.165, 1.54) is 11.1 Å². The number of nitrogens with zero attached hydrogens (tertiary/aromatic N) is 2. The van der Waals surface area contributed by atoms with Crippen molar-refractivity contribution in [1.82, 2.24) is 9.55 Å². The third-order valence-corrected chi connectivity index (χ3v) is 3.46. The number of carboxylic acid groups (broad SMARTS) is 1. The molecule has 0 aliphatic carbocycles. The van der Waals surface area contributed by atoms with Crippen molar-refractivity contribution in [3.63, 3.8) is 0 Å². The topological polar surface area (TPSA) is 55.1 Å². The lowest BCUT2D eigenvalue weighted by molar-refractivity contribution is -0.137. The van der Waals surface area contributed by atoms with E-state index < -0.39 is 5.97 Å². The Balaban J connectivity index is 2.58. The molecular weight excluding hydrogens is 240 g/mol. The van der Waals surface area contributed by atoms with Gasteiger partial charge in [0.15, 0.2) is 0 Å². The molecule has 1 heterocycles. The fourth-order valence-electron chi connectivity index (χ4n) is 2.28. The van der Waals surface area contributed by atoms with Gasteiger partial charge in [-0.25, -0.2) is 4.98 Å². The van der Waals surface area contributed by atoms with E-state index in [1.54, 1.807) is 0 Å². The van der Waals surface area contributed by atoms with E-state index in [0.717, 1.165) is 16.9 Å². The molecule has 0 bridgehead atoms. The molecule has 0 spiro atoms. The molecule has 4 nitrogen and oxygen atoms in total. The Bertz CT molecular complexity index is 627. The molecule has 0 radical (unpaired) electrons. The van der Waals surface area contributed by atoms with Crippen LogP contribution in [0.1, 0.15) is 43.1 Å². The van der Waals surface area contributed by atoms with Crippen molar-refractivity contribution in [1.29, 1.82) is 0 Å². The van der Waals surface area contributed by atoms with Crippen LogP contribution in [0.5, 0.6) is 0 Å². The van der Waals surface area contributed by atoms with Crippen molar-refractivity contribution in [2.45, 2.75) is 46.6 Å². The molecule has 4 heteroatoms. The van der Waals surface area contributed by atoms with Gasteiger partial charge in [0.25, 0.3) is 0 Å². The van der Waals surface area contributed by atoms with Gasteiger partial charge in [-0.05, 0) is 37.1 Å². The summed E-state index contributed by atoms with van der Waals surface area (Å²) in [6.45, 7) is 8.77. The van der Waals surface area contributed by atoms with E-state index in [4.69, 9.17) is 5.11 Å². The molecule has 0 unspecified atom stereocenters. The molecule has 0 aliphatic heterocycles. The summed E-state index contributed by atoms with van der Waals surface area (Å²) in [4.78, 5) is 15.5. The molecule has 0 atom stereocenters. The number of aryl methyl sites for hydroxylation is 3. The van der Waals surface area contributed by atoms with E-state index in [9.17, 15) is 4.79 Å². The minimum atomic E-state index is -0.777. The Kier molecular flexibility index (Phi) is 3.60. The Morgan fingerprint density at radius 1 is 1.32 bits per heavy atom. The zero-order valence-electron chi connectivity index (χ0n) is 11.9. The Labute approximate surface area is 113 Å². The quantitative estimate of drug-likeness (QED) is 0.918. The minimum absolute atomic E-state index is 0.123. The van der Waals surface area contributed by atoms with Crippen LogP contribution in [0.4, 0.5) is 0 Å². The average molecular weight is 260 g/mol. The maximum Gasteiger partial charge on any atom is 0.305 e. The molecule has 19 heavy (non-hydrogen) atoms. The highest BCUT2D eigenvalue weighted by molar-refractivity contribution is 5.78. The van der Waals surface area contributed by atoms with Crippen LogP contribution in [0.3, 0.4) is 0 Å². The summed E-state index contributed by atoms with van der Waals surface area (Å²) in [7, 11) is 0. The summed E-state index contributed by atoms with van der Waals surface area (Å²) >= 11 is 0. The number of hydrogen-bond donors (Lipinski definition) is 1. The molecule has 0 fully saturated rings. The largest absolute Gasteiger partial charge is 0.481 e. The number of imidazole rings is 1. The van der Waals surface area contributed by atoms with Gasteiger partial charge in [0, 0.05) is 12.5 Å². The lowest BCUT2D eigenvalue weighted by Crippen LogP contribution is -2.09. The molecule has 0 aliphatic rings. The predicted octanol–water partition coefficient (Wildman–Crippen LogP) is 3.25. The highest BCUT2D eigenvalue weighted by Crippen LogP contribution is 2.25. The summed E-state index contributed by atoms with van der Waals surface area (Å²) in [6.07, 6.45) is 0.123. The van der Waals surface area contributed by atoms with Crippen LogP contribution in [-0.2, 0) is 11.3 Å². The van der Waals surface area contributed by atoms with Gasteiger partial charge in [-0.2, -0.15) is 0 Å². The standard InChI is InChI=1S/C15H20N2O2/c1-9(2)15-16-12-7-10(3)11(4)8-13(12)17(15)6-5-14(18)19/h7-9H,5-6H2,1-4H3,(H,18,19). The van der Waals surface area contributed by atoms with Crippen molar-refractivity contribution >= 4 is 17.0 Å². The maximum absolute atomic E-state index is 10.8. The summed E-state index contributed by atoms with van der Waals surface area (Å²) in [6, 6.07) is 4.18. The molecule has 2 aromatic rings. The Morgan fingerprint density at radius 2 is 1.95 bits per heavy atom. The second-order valence-corrected chi connectivity index (χ2v) is 5.35. The van der Waals surface area contributed by atoms with Crippen molar-refractivity contribution < 1.29 is 9.90 Å². The lowest BCUT2D eigenvalue weighted by Gasteiger charge is -2.10. The first kappa shape index (κ1) is 13.6. The van der Waals surface area contributed by atoms with Gasteiger partial charge in [0.05, 0.1) is 17.5 Å². The second kappa shape index (κ2) is 5.03. The SMILES string of the molecule is Cc1cc2nc(C(C)C)n(CCC(=O)O)c2cc1C. The first-order chi connectivity index (χ1) is 8.90. The normalized spacial score (nSPS) is 11.4. The second-order valence-electron chi connectivity index (χ2n) is 5.35. The van der Waals surface area contributed by atoms with Crippen LogP contribution in [0, 0.1) is 13.8 Å². The van der Waals surface area contributed by atoms with E-state index in [0.29, 0.717) is 6.54 Å². The smallest absolute Gasteiger partial charge is 0.305 e. The van der Waals surface area contributed by atoms with Gasteiger partial charge in [-0.15, -0.1) is 0 Å². The first-order valence-electron chi connectivity index (χ1n) is 6.59. The van der Waals surface area contributed by atoms with E-state index in [1.807, 2.05) is 4.57 Å². The van der Waals surface area contributed by atoms with Crippen LogP contribution in [0.15, 0.2) is 12.1 Å². The number of carboxylic acids is 1. The number of fused-ring (bicyclic) bond motifs is 1. The van der Waals surface area contributed by atoms with Crippen LogP contribution in [0.2, 0.25) is 0 Å². The van der Waals surface area contributed by atoms with Gasteiger partial charge in [0.1, 0.15) is 5.82 Å². The number of benzene rings is 1. The molecule has 0 saturated carbocycles. The monoisotopic (exact) mass is 260 g/mol. The Hall–Kier alpha value is -1.84. The zero-order valence-corrected chi connectivity index (χ0v) is 11.9. The van der Waals surface area contributed by atoms with E-state index in [-0.39, 0.29) is 12.3 Å². The highest BCUT2D eigenvalue weighted by atomic mass is 16.4.